The Morgan fingerprint density at radius 2 is 2.29 bits per heavy atom. The molecule has 14 heavy (non-hydrogen) atoms. The van der Waals surface area contributed by atoms with E-state index in [9.17, 15) is 9.18 Å². The Labute approximate surface area is 94.1 Å². The van der Waals surface area contributed by atoms with Crippen molar-refractivity contribution in [1.29, 1.82) is 0 Å². The number of benzene rings is 1. The van der Waals surface area contributed by atoms with Gasteiger partial charge in [-0.2, -0.15) is 0 Å². The third-order valence-corrected chi connectivity index (χ3v) is 2.57. The molecule has 0 heterocycles. The first-order valence-corrected chi connectivity index (χ1v) is 5.22. The van der Waals surface area contributed by atoms with Crippen LogP contribution in [0.3, 0.4) is 0 Å². The molecule has 0 radical (unpaired) electrons. The number of halogens is 3. The van der Waals surface area contributed by atoms with Gasteiger partial charge in [-0.15, -0.1) is 0 Å². The van der Waals surface area contributed by atoms with Crippen molar-refractivity contribution in [3.8, 4) is 0 Å². The van der Waals surface area contributed by atoms with Crippen molar-refractivity contribution in [3.05, 3.63) is 34.1 Å². The maximum Gasteiger partial charge on any atom is 0.339 e. The Bertz CT molecular complexity index is 368. The van der Waals surface area contributed by atoms with E-state index in [0.717, 1.165) is 6.07 Å². The van der Waals surface area contributed by atoms with Gasteiger partial charge in [-0.3, -0.25) is 0 Å². The standard InChI is InChI=1S/C9H7BrClFO2/c1-14-9(13)8-5(4-10)2-6(12)3-7(8)11/h2-3H,4H2,1H3. The minimum Gasteiger partial charge on any atom is -0.465 e. The van der Waals surface area contributed by atoms with Crippen LogP contribution in [0.15, 0.2) is 12.1 Å². The first-order valence-electron chi connectivity index (χ1n) is 3.72. The second-order valence-electron chi connectivity index (χ2n) is 2.55. The molecule has 0 saturated carbocycles. The smallest absolute Gasteiger partial charge is 0.339 e. The lowest BCUT2D eigenvalue weighted by Gasteiger charge is -2.07. The van der Waals surface area contributed by atoms with Crippen LogP contribution >= 0.6 is 27.5 Å². The van der Waals surface area contributed by atoms with E-state index in [2.05, 4.69) is 20.7 Å². The van der Waals surface area contributed by atoms with Gasteiger partial charge in [0.2, 0.25) is 0 Å². The molecule has 0 N–H and O–H groups in total. The normalized spacial score (nSPS) is 10.0. The van der Waals surface area contributed by atoms with E-state index in [1.54, 1.807) is 0 Å². The van der Waals surface area contributed by atoms with Gasteiger partial charge in [0.15, 0.2) is 0 Å². The molecule has 2 nitrogen and oxygen atoms in total. The molecule has 0 aliphatic carbocycles. The molecule has 1 aromatic rings. The van der Waals surface area contributed by atoms with E-state index in [4.69, 9.17) is 11.6 Å². The molecule has 5 heteroatoms. The average molecular weight is 282 g/mol. The number of alkyl halides is 1. The molecular weight excluding hydrogens is 274 g/mol. The first kappa shape index (κ1) is 11.5. The number of methoxy groups -OCH3 is 1. The van der Waals surface area contributed by atoms with Crippen molar-refractivity contribution in [2.24, 2.45) is 0 Å². The van der Waals surface area contributed by atoms with Crippen molar-refractivity contribution in [2.75, 3.05) is 7.11 Å². The minimum atomic E-state index is -0.565. The zero-order chi connectivity index (χ0) is 10.7. The van der Waals surface area contributed by atoms with Crippen molar-refractivity contribution in [2.45, 2.75) is 5.33 Å². The van der Waals surface area contributed by atoms with Gasteiger partial charge in [0.1, 0.15) is 5.82 Å². The zero-order valence-electron chi connectivity index (χ0n) is 7.31. The van der Waals surface area contributed by atoms with Gasteiger partial charge in [0.05, 0.1) is 17.7 Å². The second kappa shape index (κ2) is 4.75. The molecule has 0 aliphatic heterocycles. The third-order valence-electron chi connectivity index (χ3n) is 1.67. The van der Waals surface area contributed by atoms with E-state index < -0.39 is 11.8 Å². The molecule has 0 amide bonds. The fourth-order valence-electron chi connectivity index (χ4n) is 1.06. The summed E-state index contributed by atoms with van der Waals surface area (Å²) < 4.78 is 17.4. The van der Waals surface area contributed by atoms with Crippen LogP contribution in [-0.4, -0.2) is 13.1 Å². The topological polar surface area (TPSA) is 26.3 Å². The van der Waals surface area contributed by atoms with E-state index >= 15 is 0 Å². The van der Waals surface area contributed by atoms with Gasteiger partial charge in [0, 0.05) is 5.33 Å². The van der Waals surface area contributed by atoms with Crippen LogP contribution in [-0.2, 0) is 10.1 Å². The monoisotopic (exact) mass is 280 g/mol. The third kappa shape index (κ3) is 2.25. The van der Waals surface area contributed by atoms with Crippen molar-refractivity contribution < 1.29 is 13.9 Å². The number of carbonyl (C=O) groups excluding carboxylic acids is 1. The zero-order valence-corrected chi connectivity index (χ0v) is 9.65. The summed E-state index contributed by atoms with van der Waals surface area (Å²) in [6, 6.07) is 2.33. The summed E-state index contributed by atoms with van der Waals surface area (Å²) in [6.45, 7) is 0. The quantitative estimate of drug-likeness (QED) is 0.615. The number of hydrogen-bond acceptors (Lipinski definition) is 2. The number of hydrogen-bond donors (Lipinski definition) is 0. The molecule has 0 bridgehead atoms. The average Bonchev–Trinajstić information content (AvgIpc) is 2.15. The molecule has 76 valence electrons. The van der Waals surface area contributed by atoms with Gasteiger partial charge in [-0.1, -0.05) is 27.5 Å². The van der Waals surface area contributed by atoms with Crippen LogP contribution in [0.5, 0.6) is 0 Å². The predicted molar refractivity (Wildman–Crippen MR) is 55.4 cm³/mol. The Morgan fingerprint density at radius 1 is 1.64 bits per heavy atom. The summed E-state index contributed by atoms with van der Waals surface area (Å²) in [4.78, 5) is 11.3. The molecule has 1 rings (SSSR count). The van der Waals surface area contributed by atoms with Gasteiger partial charge in [0.25, 0.3) is 0 Å². The molecule has 0 saturated heterocycles. The van der Waals surface area contributed by atoms with E-state index in [1.807, 2.05) is 0 Å². The highest BCUT2D eigenvalue weighted by Gasteiger charge is 2.16. The molecule has 0 fully saturated rings. The Morgan fingerprint density at radius 3 is 2.79 bits per heavy atom. The van der Waals surface area contributed by atoms with E-state index in [0.29, 0.717) is 10.9 Å². The molecule has 0 atom stereocenters. The van der Waals surface area contributed by atoms with Crippen LogP contribution in [0.1, 0.15) is 15.9 Å². The van der Waals surface area contributed by atoms with Crippen molar-refractivity contribution in [3.63, 3.8) is 0 Å². The Hall–Kier alpha value is -0.610. The highest BCUT2D eigenvalue weighted by Crippen LogP contribution is 2.24. The van der Waals surface area contributed by atoms with Crippen LogP contribution in [0.2, 0.25) is 5.02 Å². The second-order valence-corrected chi connectivity index (χ2v) is 3.51. The van der Waals surface area contributed by atoms with Gasteiger partial charge < -0.3 is 4.74 Å². The number of carbonyl (C=O) groups is 1. The summed E-state index contributed by atoms with van der Waals surface area (Å²) in [6.07, 6.45) is 0. The van der Waals surface area contributed by atoms with Gasteiger partial charge in [-0.25, -0.2) is 9.18 Å². The maximum absolute atomic E-state index is 12.9. The lowest BCUT2D eigenvalue weighted by atomic mass is 10.1. The van der Waals surface area contributed by atoms with Crippen LogP contribution in [0.25, 0.3) is 0 Å². The van der Waals surface area contributed by atoms with Crippen molar-refractivity contribution in [1.82, 2.24) is 0 Å². The summed E-state index contributed by atoms with van der Waals surface area (Å²) in [5.41, 5.74) is 0.675. The highest BCUT2D eigenvalue weighted by atomic mass is 79.9. The fourth-order valence-corrected chi connectivity index (χ4v) is 1.81. The molecule has 0 unspecified atom stereocenters. The lowest BCUT2D eigenvalue weighted by molar-refractivity contribution is 0.0600. The predicted octanol–water partition coefficient (Wildman–Crippen LogP) is 3.16. The molecule has 0 aromatic heterocycles. The molecule has 1 aromatic carbocycles. The van der Waals surface area contributed by atoms with Crippen LogP contribution in [0, 0.1) is 5.82 Å². The Kier molecular flexibility index (Phi) is 3.89. The fraction of sp³-hybridized carbons (Fsp3) is 0.222. The summed E-state index contributed by atoms with van der Waals surface area (Å²) in [5.74, 6) is -1.04. The molecular formula is C9H7BrClFO2. The molecule has 0 spiro atoms. The maximum atomic E-state index is 12.9. The number of esters is 1. The number of rotatable bonds is 2. The van der Waals surface area contributed by atoms with Crippen LogP contribution < -0.4 is 0 Å². The van der Waals surface area contributed by atoms with Gasteiger partial charge in [-0.05, 0) is 17.7 Å². The van der Waals surface area contributed by atoms with Crippen molar-refractivity contribution >= 4 is 33.5 Å². The van der Waals surface area contributed by atoms with Crippen LogP contribution in [0.4, 0.5) is 4.39 Å². The lowest BCUT2D eigenvalue weighted by Crippen LogP contribution is -2.06. The summed E-state index contributed by atoms with van der Waals surface area (Å²) in [5, 5.41) is 0.404. The van der Waals surface area contributed by atoms with E-state index in [1.165, 1.54) is 13.2 Å². The summed E-state index contributed by atoms with van der Waals surface area (Å²) >= 11 is 8.87. The molecule has 0 aliphatic rings. The largest absolute Gasteiger partial charge is 0.465 e. The minimum absolute atomic E-state index is 0.0614. The Balaban J connectivity index is 3.32. The number of ether oxygens (including phenoxy) is 1. The van der Waals surface area contributed by atoms with E-state index in [-0.39, 0.29) is 10.6 Å². The highest BCUT2D eigenvalue weighted by molar-refractivity contribution is 9.08. The van der Waals surface area contributed by atoms with Gasteiger partial charge >= 0.3 is 5.97 Å². The summed E-state index contributed by atoms with van der Waals surface area (Å²) in [7, 11) is 1.25. The first-order chi connectivity index (χ1) is 6.60. The SMILES string of the molecule is COC(=O)c1c(Cl)cc(F)cc1CBr.